The molecule has 3 N–H and O–H groups in total. The number of hydrogen-bond donors (Lipinski definition) is 3. The van der Waals surface area contributed by atoms with Crippen molar-refractivity contribution in [2.45, 2.75) is 6.92 Å². The summed E-state index contributed by atoms with van der Waals surface area (Å²) in [7, 11) is 0. The number of carbonyl (C=O) groups excluding carboxylic acids is 2. The number of hydrogen-bond acceptors (Lipinski definition) is 3. The highest BCUT2D eigenvalue weighted by Gasteiger charge is 2.24. The van der Waals surface area contributed by atoms with Crippen LogP contribution in [0.25, 0.3) is 0 Å². The summed E-state index contributed by atoms with van der Waals surface area (Å²) in [5, 5.41) is 8.76. The Hall–Kier alpha value is -1.30. The van der Waals surface area contributed by atoms with E-state index in [0.29, 0.717) is 23.8 Å². The standard InChI is InChI=1S/C13H16ClN3O2.ClH/c1-8-2-3-11(10(14)4-8)17-12(18)7-16-13(19)9-5-15-6-9;/h2-4,9,15H,5-7H2,1H3,(H,16,19)(H,17,18);1H. The van der Waals surface area contributed by atoms with Crippen LogP contribution in [0.2, 0.25) is 5.02 Å². The molecule has 1 aliphatic rings. The van der Waals surface area contributed by atoms with E-state index in [1.807, 2.05) is 13.0 Å². The molecule has 0 radical (unpaired) electrons. The van der Waals surface area contributed by atoms with Crippen molar-refractivity contribution in [3.8, 4) is 0 Å². The van der Waals surface area contributed by atoms with E-state index in [0.717, 1.165) is 5.56 Å². The number of amides is 2. The van der Waals surface area contributed by atoms with Gasteiger partial charge >= 0.3 is 0 Å². The van der Waals surface area contributed by atoms with Crippen LogP contribution in [0.1, 0.15) is 5.56 Å². The molecule has 1 aliphatic heterocycles. The Morgan fingerprint density at radius 3 is 2.65 bits per heavy atom. The van der Waals surface area contributed by atoms with Crippen LogP contribution in [0.15, 0.2) is 18.2 Å². The normalized spacial score (nSPS) is 13.9. The zero-order valence-corrected chi connectivity index (χ0v) is 12.6. The van der Waals surface area contributed by atoms with Crippen molar-refractivity contribution in [3.05, 3.63) is 28.8 Å². The second-order valence-corrected chi connectivity index (χ2v) is 5.01. The van der Waals surface area contributed by atoms with Gasteiger partial charge in [0, 0.05) is 13.1 Å². The van der Waals surface area contributed by atoms with Gasteiger partial charge in [0.25, 0.3) is 0 Å². The lowest BCUT2D eigenvalue weighted by molar-refractivity contribution is -0.128. The van der Waals surface area contributed by atoms with Crippen molar-refractivity contribution < 1.29 is 9.59 Å². The van der Waals surface area contributed by atoms with Crippen LogP contribution in [0.4, 0.5) is 5.69 Å². The molecule has 0 aliphatic carbocycles. The maximum Gasteiger partial charge on any atom is 0.243 e. The first-order valence-corrected chi connectivity index (χ1v) is 6.48. The van der Waals surface area contributed by atoms with Gasteiger partial charge < -0.3 is 16.0 Å². The number of halogens is 2. The van der Waals surface area contributed by atoms with Gasteiger partial charge in [-0.05, 0) is 24.6 Å². The number of benzene rings is 1. The molecule has 0 aromatic heterocycles. The monoisotopic (exact) mass is 317 g/mol. The highest BCUT2D eigenvalue weighted by molar-refractivity contribution is 6.33. The van der Waals surface area contributed by atoms with E-state index in [-0.39, 0.29) is 36.7 Å². The van der Waals surface area contributed by atoms with Crippen molar-refractivity contribution in [1.82, 2.24) is 10.6 Å². The van der Waals surface area contributed by atoms with Gasteiger partial charge in [0.15, 0.2) is 0 Å². The molecule has 0 spiro atoms. The average molecular weight is 318 g/mol. The fraction of sp³-hybridized carbons (Fsp3) is 0.385. The van der Waals surface area contributed by atoms with Crippen LogP contribution >= 0.6 is 24.0 Å². The molecule has 0 unspecified atom stereocenters. The van der Waals surface area contributed by atoms with E-state index in [1.165, 1.54) is 0 Å². The molecule has 1 heterocycles. The smallest absolute Gasteiger partial charge is 0.243 e. The predicted molar refractivity (Wildman–Crippen MR) is 81.4 cm³/mol. The summed E-state index contributed by atoms with van der Waals surface area (Å²) >= 11 is 6.01. The molecule has 1 aromatic carbocycles. The summed E-state index contributed by atoms with van der Waals surface area (Å²) in [6.07, 6.45) is 0. The molecule has 5 nitrogen and oxygen atoms in total. The Kier molecular flexibility index (Phi) is 6.26. The van der Waals surface area contributed by atoms with E-state index in [1.54, 1.807) is 12.1 Å². The molecule has 0 atom stereocenters. The van der Waals surface area contributed by atoms with Crippen LogP contribution < -0.4 is 16.0 Å². The molecule has 20 heavy (non-hydrogen) atoms. The summed E-state index contributed by atoms with van der Waals surface area (Å²) in [4.78, 5) is 23.2. The largest absolute Gasteiger partial charge is 0.347 e. The Morgan fingerprint density at radius 2 is 2.10 bits per heavy atom. The van der Waals surface area contributed by atoms with Gasteiger partial charge in [0.1, 0.15) is 0 Å². The number of anilines is 1. The van der Waals surface area contributed by atoms with Gasteiger partial charge in [-0.3, -0.25) is 9.59 Å². The maximum atomic E-state index is 11.7. The lowest BCUT2D eigenvalue weighted by atomic mass is 10.0. The van der Waals surface area contributed by atoms with Crippen molar-refractivity contribution in [2.75, 3.05) is 25.0 Å². The molecule has 110 valence electrons. The first-order valence-electron chi connectivity index (χ1n) is 6.10. The first kappa shape index (κ1) is 16.8. The molecule has 7 heteroatoms. The third-order valence-electron chi connectivity index (χ3n) is 2.97. The molecule has 0 saturated carbocycles. The third-order valence-corrected chi connectivity index (χ3v) is 3.29. The molecule has 0 bridgehead atoms. The van der Waals surface area contributed by atoms with E-state index < -0.39 is 0 Å². The van der Waals surface area contributed by atoms with Crippen LogP contribution in [-0.4, -0.2) is 31.4 Å². The van der Waals surface area contributed by atoms with E-state index >= 15 is 0 Å². The Morgan fingerprint density at radius 1 is 1.40 bits per heavy atom. The molecule has 2 amide bonds. The predicted octanol–water partition coefficient (Wildman–Crippen LogP) is 1.34. The van der Waals surface area contributed by atoms with E-state index in [2.05, 4.69) is 16.0 Å². The lowest BCUT2D eigenvalue weighted by Gasteiger charge is -2.25. The van der Waals surface area contributed by atoms with Gasteiger partial charge in [-0.25, -0.2) is 0 Å². The highest BCUT2D eigenvalue weighted by atomic mass is 35.5. The van der Waals surface area contributed by atoms with Crippen molar-refractivity contribution in [2.24, 2.45) is 5.92 Å². The number of nitrogens with one attached hydrogen (secondary N) is 3. The minimum atomic E-state index is -0.286. The van der Waals surface area contributed by atoms with Crippen molar-refractivity contribution in [3.63, 3.8) is 0 Å². The van der Waals surface area contributed by atoms with Gasteiger partial charge in [-0.1, -0.05) is 17.7 Å². The molecule has 2 rings (SSSR count). The fourth-order valence-corrected chi connectivity index (χ4v) is 1.98. The second kappa shape index (κ2) is 7.47. The van der Waals surface area contributed by atoms with E-state index in [9.17, 15) is 9.59 Å². The Bertz CT molecular complexity index is 504. The zero-order chi connectivity index (χ0) is 13.8. The second-order valence-electron chi connectivity index (χ2n) is 4.60. The van der Waals surface area contributed by atoms with Crippen LogP contribution in [0.5, 0.6) is 0 Å². The molecule has 1 aromatic rings. The summed E-state index contributed by atoms with van der Waals surface area (Å²) < 4.78 is 0. The topological polar surface area (TPSA) is 70.2 Å². The number of rotatable bonds is 4. The molecule has 1 saturated heterocycles. The molecule has 1 fully saturated rings. The van der Waals surface area contributed by atoms with Crippen molar-refractivity contribution >= 4 is 41.5 Å². The van der Waals surface area contributed by atoms with Gasteiger partial charge in [0.2, 0.25) is 11.8 Å². The average Bonchev–Trinajstić information content (AvgIpc) is 2.28. The minimum Gasteiger partial charge on any atom is -0.347 e. The van der Waals surface area contributed by atoms with Gasteiger partial charge in [0.05, 0.1) is 23.2 Å². The first-order chi connectivity index (χ1) is 9.06. The van der Waals surface area contributed by atoms with Crippen LogP contribution in [0.3, 0.4) is 0 Å². The van der Waals surface area contributed by atoms with Gasteiger partial charge in [-0.2, -0.15) is 0 Å². The summed E-state index contributed by atoms with van der Waals surface area (Å²) in [5.74, 6) is -0.397. The van der Waals surface area contributed by atoms with Gasteiger partial charge in [-0.15, -0.1) is 12.4 Å². The highest BCUT2D eigenvalue weighted by Crippen LogP contribution is 2.22. The zero-order valence-electron chi connectivity index (χ0n) is 11.0. The SMILES string of the molecule is Cc1ccc(NC(=O)CNC(=O)C2CNC2)c(Cl)c1.Cl. The molecular formula is C13H17Cl2N3O2. The summed E-state index contributed by atoms with van der Waals surface area (Å²) in [5.41, 5.74) is 1.57. The maximum absolute atomic E-state index is 11.7. The lowest BCUT2D eigenvalue weighted by Crippen LogP contribution is -2.51. The fourth-order valence-electron chi connectivity index (χ4n) is 1.70. The van der Waals surface area contributed by atoms with Crippen LogP contribution in [-0.2, 0) is 9.59 Å². The Balaban J connectivity index is 0.00000200. The summed E-state index contributed by atoms with van der Waals surface area (Å²) in [6.45, 7) is 3.23. The summed E-state index contributed by atoms with van der Waals surface area (Å²) in [6, 6.07) is 5.38. The van der Waals surface area contributed by atoms with Crippen LogP contribution in [0, 0.1) is 12.8 Å². The Labute approximate surface area is 128 Å². The molecular weight excluding hydrogens is 301 g/mol. The minimum absolute atomic E-state index is 0. The number of carbonyl (C=O) groups is 2. The number of aryl methyl sites for hydroxylation is 1. The quantitative estimate of drug-likeness (QED) is 0.785. The van der Waals surface area contributed by atoms with E-state index in [4.69, 9.17) is 11.6 Å². The van der Waals surface area contributed by atoms with Crippen molar-refractivity contribution in [1.29, 1.82) is 0 Å². The third kappa shape index (κ3) is 4.37.